The molecule has 154 valence electrons. The molecule has 2 heterocycles. The van der Waals surface area contributed by atoms with E-state index in [4.69, 9.17) is 14.2 Å². The molecular formula is C24H23NO5. The van der Waals surface area contributed by atoms with Gasteiger partial charge in [0.1, 0.15) is 5.75 Å². The van der Waals surface area contributed by atoms with E-state index in [-0.39, 0.29) is 36.2 Å². The maximum Gasteiger partial charge on any atom is 0.231 e. The predicted molar refractivity (Wildman–Crippen MR) is 113 cm³/mol. The number of aromatic hydroxyl groups is 2. The van der Waals surface area contributed by atoms with Crippen LogP contribution in [-0.4, -0.2) is 24.1 Å². The van der Waals surface area contributed by atoms with Crippen LogP contribution >= 0.6 is 0 Å². The summed E-state index contributed by atoms with van der Waals surface area (Å²) >= 11 is 0. The van der Waals surface area contributed by atoms with Gasteiger partial charge in [-0.1, -0.05) is 31.2 Å². The summed E-state index contributed by atoms with van der Waals surface area (Å²) in [5.74, 6) is 2.28. The molecule has 3 aromatic carbocycles. The number of nitrogens with one attached hydrogen (secondary N) is 1. The number of fused-ring (bicyclic) bond motifs is 2. The number of anilines is 1. The Bertz CT molecular complexity index is 1110. The lowest BCUT2D eigenvalue weighted by atomic mass is 9.72. The maximum atomic E-state index is 10.5. The summed E-state index contributed by atoms with van der Waals surface area (Å²) in [6.07, 6.45) is 0. The highest BCUT2D eigenvalue weighted by molar-refractivity contribution is 5.67. The molecule has 2 aliphatic rings. The fraction of sp³-hybridized carbons (Fsp3) is 0.250. The van der Waals surface area contributed by atoms with E-state index in [1.807, 2.05) is 42.5 Å². The number of rotatable bonds is 3. The average molecular weight is 405 g/mol. The zero-order chi connectivity index (χ0) is 20.8. The van der Waals surface area contributed by atoms with Gasteiger partial charge in [0.05, 0.1) is 13.2 Å². The monoisotopic (exact) mass is 405 g/mol. The van der Waals surface area contributed by atoms with Crippen LogP contribution in [0.2, 0.25) is 0 Å². The summed E-state index contributed by atoms with van der Waals surface area (Å²) < 4.78 is 16.6. The van der Waals surface area contributed by atoms with Crippen LogP contribution in [0.15, 0.2) is 54.6 Å². The topological polar surface area (TPSA) is 80.2 Å². The SMILES string of the molecule is COc1cc([C@@H]2c3cc4c(cc3N[C@H](c3ccccc3O)[C@H]2C)OCO4)ccc1O. The van der Waals surface area contributed by atoms with Gasteiger partial charge >= 0.3 is 0 Å². The Labute approximate surface area is 174 Å². The summed E-state index contributed by atoms with van der Waals surface area (Å²) in [5.41, 5.74) is 3.86. The van der Waals surface area contributed by atoms with Crippen molar-refractivity contribution in [3.63, 3.8) is 0 Å². The van der Waals surface area contributed by atoms with Crippen LogP contribution in [0.4, 0.5) is 5.69 Å². The third-order valence-electron chi connectivity index (χ3n) is 6.08. The Kier molecular flexibility index (Phi) is 4.35. The maximum absolute atomic E-state index is 10.5. The first-order valence-electron chi connectivity index (χ1n) is 9.91. The molecule has 2 aliphatic heterocycles. The Morgan fingerprint density at radius 1 is 0.933 bits per heavy atom. The summed E-state index contributed by atoms with van der Waals surface area (Å²) in [7, 11) is 1.54. The molecule has 0 aliphatic carbocycles. The number of methoxy groups -OCH3 is 1. The zero-order valence-corrected chi connectivity index (χ0v) is 16.8. The van der Waals surface area contributed by atoms with Crippen molar-refractivity contribution < 1.29 is 24.4 Å². The normalized spacial score (nSPS) is 21.6. The lowest BCUT2D eigenvalue weighted by Crippen LogP contribution is -2.30. The first-order chi connectivity index (χ1) is 14.6. The number of phenols is 2. The van der Waals surface area contributed by atoms with E-state index in [0.29, 0.717) is 11.5 Å². The van der Waals surface area contributed by atoms with E-state index in [9.17, 15) is 10.2 Å². The molecule has 6 heteroatoms. The molecule has 0 bridgehead atoms. The van der Waals surface area contributed by atoms with Gasteiger partial charge in [-0.05, 0) is 41.3 Å². The van der Waals surface area contributed by atoms with Crippen molar-refractivity contribution in [2.75, 3.05) is 19.2 Å². The van der Waals surface area contributed by atoms with E-state index >= 15 is 0 Å². The second kappa shape index (κ2) is 7.06. The molecule has 0 spiro atoms. The lowest BCUT2D eigenvalue weighted by molar-refractivity contribution is 0.174. The molecule has 3 aromatic rings. The highest BCUT2D eigenvalue weighted by Gasteiger charge is 2.38. The third-order valence-corrected chi connectivity index (χ3v) is 6.08. The van der Waals surface area contributed by atoms with E-state index < -0.39 is 0 Å². The van der Waals surface area contributed by atoms with E-state index in [1.165, 1.54) is 0 Å². The van der Waals surface area contributed by atoms with Crippen LogP contribution in [0.25, 0.3) is 0 Å². The molecule has 0 unspecified atom stereocenters. The van der Waals surface area contributed by atoms with Gasteiger partial charge < -0.3 is 29.7 Å². The number of benzene rings is 3. The molecule has 0 radical (unpaired) electrons. The van der Waals surface area contributed by atoms with Gasteiger partial charge in [-0.3, -0.25) is 0 Å². The smallest absolute Gasteiger partial charge is 0.231 e. The van der Waals surface area contributed by atoms with Gasteiger partial charge in [-0.25, -0.2) is 0 Å². The van der Waals surface area contributed by atoms with Gasteiger partial charge in [0.25, 0.3) is 0 Å². The fourth-order valence-corrected chi connectivity index (χ4v) is 4.60. The van der Waals surface area contributed by atoms with Crippen molar-refractivity contribution in [1.29, 1.82) is 0 Å². The molecule has 3 atom stereocenters. The minimum Gasteiger partial charge on any atom is -0.508 e. The summed E-state index contributed by atoms with van der Waals surface area (Å²) in [6.45, 7) is 2.36. The summed E-state index contributed by atoms with van der Waals surface area (Å²) in [6, 6.07) is 16.7. The molecular weight excluding hydrogens is 382 g/mol. The number of phenolic OH excluding ortho intramolecular Hbond substituents is 2. The van der Waals surface area contributed by atoms with Crippen molar-refractivity contribution in [1.82, 2.24) is 0 Å². The molecule has 0 saturated carbocycles. The van der Waals surface area contributed by atoms with Gasteiger partial charge in [0.2, 0.25) is 6.79 Å². The zero-order valence-electron chi connectivity index (χ0n) is 16.8. The van der Waals surface area contributed by atoms with Crippen LogP contribution in [0.3, 0.4) is 0 Å². The second-order valence-corrected chi connectivity index (χ2v) is 7.74. The lowest BCUT2D eigenvalue weighted by Gasteiger charge is -2.40. The summed E-state index contributed by atoms with van der Waals surface area (Å²) in [5, 5.41) is 24.2. The molecule has 0 amide bonds. The highest BCUT2D eigenvalue weighted by Crippen LogP contribution is 2.52. The Morgan fingerprint density at radius 2 is 1.70 bits per heavy atom. The Morgan fingerprint density at radius 3 is 2.47 bits per heavy atom. The van der Waals surface area contributed by atoms with Gasteiger partial charge in [-0.15, -0.1) is 0 Å². The van der Waals surface area contributed by atoms with Crippen LogP contribution in [0.1, 0.15) is 35.6 Å². The minimum absolute atomic E-state index is 0.0187. The van der Waals surface area contributed by atoms with Crippen LogP contribution in [-0.2, 0) is 0 Å². The van der Waals surface area contributed by atoms with Crippen LogP contribution in [0.5, 0.6) is 28.7 Å². The largest absolute Gasteiger partial charge is 0.508 e. The van der Waals surface area contributed by atoms with Gasteiger partial charge in [0.15, 0.2) is 23.0 Å². The van der Waals surface area contributed by atoms with E-state index in [1.54, 1.807) is 19.2 Å². The first kappa shape index (κ1) is 18.5. The van der Waals surface area contributed by atoms with E-state index in [0.717, 1.165) is 28.1 Å². The number of hydrogen-bond donors (Lipinski definition) is 3. The van der Waals surface area contributed by atoms with Crippen molar-refractivity contribution in [3.8, 4) is 28.7 Å². The average Bonchev–Trinajstić information content (AvgIpc) is 3.20. The molecule has 5 rings (SSSR count). The molecule has 0 aromatic heterocycles. The third kappa shape index (κ3) is 2.87. The van der Waals surface area contributed by atoms with Crippen molar-refractivity contribution in [2.24, 2.45) is 5.92 Å². The quantitative estimate of drug-likeness (QED) is 0.583. The number of ether oxygens (including phenoxy) is 3. The molecule has 0 fully saturated rings. The van der Waals surface area contributed by atoms with Crippen LogP contribution in [0, 0.1) is 5.92 Å². The van der Waals surface area contributed by atoms with E-state index in [2.05, 4.69) is 12.2 Å². The van der Waals surface area contributed by atoms with Crippen molar-refractivity contribution >= 4 is 5.69 Å². The first-order valence-corrected chi connectivity index (χ1v) is 9.91. The number of para-hydroxylation sites is 1. The van der Waals surface area contributed by atoms with Crippen molar-refractivity contribution in [3.05, 3.63) is 71.3 Å². The molecule has 6 nitrogen and oxygen atoms in total. The minimum atomic E-state index is -0.121. The number of hydrogen-bond acceptors (Lipinski definition) is 6. The Hall–Kier alpha value is -3.54. The van der Waals surface area contributed by atoms with Crippen LogP contribution < -0.4 is 19.5 Å². The van der Waals surface area contributed by atoms with Crippen molar-refractivity contribution in [2.45, 2.75) is 18.9 Å². The van der Waals surface area contributed by atoms with Gasteiger partial charge in [0, 0.05) is 23.2 Å². The Balaban J connectivity index is 1.68. The summed E-state index contributed by atoms with van der Waals surface area (Å²) in [4.78, 5) is 0. The predicted octanol–water partition coefficient (Wildman–Crippen LogP) is 4.77. The highest BCUT2D eigenvalue weighted by atomic mass is 16.7. The molecule has 0 saturated heterocycles. The standard InChI is InChI=1S/C24H23NO5/c1-13-23(14-7-8-19(27)20(9-14)28-2)16-10-21-22(30-12-29-21)11-17(16)25-24(13)15-5-3-4-6-18(15)26/h3-11,13,23-27H,12H2,1-2H3/t13-,23+,24-/m0/s1. The molecule has 3 N–H and O–H groups in total. The second-order valence-electron chi connectivity index (χ2n) is 7.74. The van der Waals surface area contributed by atoms with Gasteiger partial charge in [-0.2, -0.15) is 0 Å². The molecule has 30 heavy (non-hydrogen) atoms. The fourth-order valence-electron chi connectivity index (χ4n) is 4.60.